The Labute approximate surface area is 127 Å². The van der Waals surface area contributed by atoms with Crippen LogP contribution in [0.15, 0.2) is 24.3 Å². The maximum atomic E-state index is 4.79. The first-order valence-electron chi connectivity index (χ1n) is 7.93. The molecule has 0 saturated heterocycles. The van der Waals surface area contributed by atoms with E-state index < -0.39 is 0 Å². The van der Waals surface area contributed by atoms with Crippen LogP contribution >= 0.6 is 0 Å². The van der Waals surface area contributed by atoms with Crippen LogP contribution in [0.25, 0.3) is 5.69 Å². The summed E-state index contributed by atoms with van der Waals surface area (Å²) in [6.07, 6.45) is 2.68. The fourth-order valence-corrected chi connectivity index (χ4v) is 3.14. The van der Waals surface area contributed by atoms with E-state index in [1.54, 1.807) is 0 Å². The molecule has 0 bridgehead atoms. The van der Waals surface area contributed by atoms with Crippen LogP contribution in [0.4, 0.5) is 0 Å². The Morgan fingerprint density at radius 2 is 1.95 bits per heavy atom. The van der Waals surface area contributed by atoms with Crippen LogP contribution in [0, 0.1) is 20.8 Å². The number of rotatable bonds is 5. The fraction of sp³-hybridized carbons (Fsp3) is 0.500. The molecule has 1 fully saturated rings. The van der Waals surface area contributed by atoms with E-state index in [2.05, 4.69) is 62.0 Å². The summed E-state index contributed by atoms with van der Waals surface area (Å²) in [4.78, 5) is 0. The molecule has 3 heteroatoms. The summed E-state index contributed by atoms with van der Waals surface area (Å²) in [6.45, 7) is 9.81. The van der Waals surface area contributed by atoms with Gasteiger partial charge in [-0.25, -0.2) is 4.68 Å². The van der Waals surface area contributed by atoms with Crippen molar-refractivity contribution in [2.75, 3.05) is 6.54 Å². The molecule has 1 N–H and O–H groups in total. The third-order valence-electron chi connectivity index (χ3n) is 4.47. The molecule has 3 rings (SSSR count). The van der Waals surface area contributed by atoms with Gasteiger partial charge in [-0.2, -0.15) is 5.10 Å². The number of hydrogen-bond donors (Lipinski definition) is 1. The second kappa shape index (κ2) is 5.64. The molecule has 1 aromatic heterocycles. The smallest absolute Gasteiger partial charge is 0.0678 e. The van der Waals surface area contributed by atoms with Gasteiger partial charge >= 0.3 is 0 Å². The van der Waals surface area contributed by atoms with Crippen molar-refractivity contribution in [2.24, 2.45) is 0 Å². The van der Waals surface area contributed by atoms with Crippen molar-refractivity contribution in [3.05, 3.63) is 46.8 Å². The van der Waals surface area contributed by atoms with E-state index in [0.717, 1.165) is 18.3 Å². The molecule has 112 valence electrons. The summed E-state index contributed by atoms with van der Waals surface area (Å²) in [5, 5.41) is 8.43. The first-order chi connectivity index (χ1) is 10.1. The van der Waals surface area contributed by atoms with Gasteiger partial charge in [0.2, 0.25) is 0 Å². The molecule has 1 aliphatic carbocycles. The number of benzene rings is 1. The summed E-state index contributed by atoms with van der Waals surface area (Å²) in [7, 11) is 0. The molecule has 1 aliphatic rings. The lowest BCUT2D eigenvalue weighted by Crippen LogP contribution is -2.22. The van der Waals surface area contributed by atoms with Gasteiger partial charge in [-0.3, -0.25) is 0 Å². The molecule has 0 radical (unpaired) electrons. The van der Waals surface area contributed by atoms with E-state index in [0.29, 0.717) is 5.92 Å². The maximum absolute atomic E-state index is 4.79. The zero-order valence-corrected chi connectivity index (χ0v) is 13.5. The third-order valence-corrected chi connectivity index (χ3v) is 4.47. The van der Waals surface area contributed by atoms with Crippen LogP contribution in [0.1, 0.15) is 48.2 Å². The summed E-state index contributed by atoms with van der Waals surface area (Å²) in [5.74, 6) is 0.503. The minimum atomic E-state index is 0.503. The molecule has 1 atom stereocenters. The van der Waals surface area contributed by atoms with E-state index in [1.807, 2.05) is 0 Å². The predicted octanol–water partition coefficient (Wildman–Crippen LogP) is 3.65. The number of aryl methyl sites for hydroxylation is 2. The number of para-hydroxylation sites is 1. The van der Waals surface area contributed by atoms with Crippen molar-refractivity contribution in [2.45, 2.75) is 52.5 Å². The van der Waals surface area contributed by atoms with Gasteiger partial charge in [-0.1, -0.05) is 25.1 Å². The van der Waals surface area contributed by atoms with E-state index in [-0.39, 0.29) is 0 Å². The highest BCUT2D eigenvalue weighted by Gasteiger charge is 2.23. The Hall–Kier alpha value is -1.61. The van der Waals surface area contributed by atoms with Crippen molar-refractivity contribution in [1.82, 2.24) is 15.1 Å². The first-order valence-corrected chi connectivity index (χ1v) is 7.93. The zero-order valence-electron chi connectivity index (χ0n) is 13.5. The molecule has 1 heterocycles. The molecule has 1 unspecified atom stereocenters. The van der Waals surface area contributed by atoms with Gasteiger partial charge in [0.15, 0.2) is 0 Å². The monoisotopic (exact) mass is 283 g/mol. The lowest BCUT2D eigenvalue weighted by atomic mass is 9.99. The third kappa shape index (κ3) is 2.88. The topological polar surface area (TPSA) is 29.9 Å². The maximum Gasteiger partial charge on any atom is 0.0678 e. The minimum absolute atomic E-state index is 0.503. The van der Waals surface area contributed by atoms with Gasteiger partial charge in [0.25, 0.3) is 0 Å². The molecular weight excluding hydrogens is 258 g/mol. The summed E-state index contributed by atoms with van der Waals surface area (Å²) >= 11 is 0. The van der Waals surface area contributed by atoms with E-state index in [1.165, 1.54) is 35.3 Å². The Balaban J connectivity index is 1.90. The molecule has 1 aromatic carbocycles. The SMILES string of the molecule is Cc1ccccc1-n1nc(C)c(C(C)CNC2CC2)c1C. The second-order valence-electron chi connectivity index (χ2n) is 6.37. The molecular formula is C18H25N3. The van der Waals surface area contributed by atoms with Crippen LogP contribution in [0.2, 0.25) is 0 Å². The van der Waals surface area contributed by atoms with Gasteiger partial charge in [0, 0.05) is 23.8 Å². The number of hydrogen-bond acceptors (Lipinski definition) is 2. The van der Waals surface area contributed by atoms with Crippen molar-refractivity contribution in [3.63, 3.8) is 0 Å². The van der Waals surface area contributed by atoms with Gasteiger partial charge in [0.1, 0.15) is 0 Å². The van der Waals surface area contributed by atoms with E-state index in [4.69, 9.17) is 5.10 Å². The van der Waals surface area contributed by atoms with Crippen molar-refractivity contribution < 1.29 is 0 Å². The highest BCUT2D eigenvalue weighted by Crippen LogP contribution is 2.27. The van der Waals surface area contributed by atoms with Crippen LogP contribution in [-0.4, -0.2) is 22.4 Å². The largest absolute Gasteiger partial charge is 0.313 e. The van der Waals surface area contributed by atoms with E-state index in [9.17, 15) is 0 Å². The first kappa shape index (κ1) is 14.3. The van der Waals surface area contributed by atoms with Crippen molar-refractivity contribution in [3.8, 4) is 5.69 Å². The summed E-state index contributed by atoms with van der Waals surface area (Å²) in [6, 6.07) is 9.21. The number of nitrogens with zero attached hydrogens (tertiary/aromatic N) is 2. The average molecular weight is 283 g/mol. The Morgan fingerprint density at radius 3 is 2.62 bits per heavy atom. The quantitative estimate of drug-likeness (QED) is 0.907. The molecule has 1 saturated carbocycles. The lowest BCUT2D eigenvalue weighted by molar-refractivity contribution is 0.607. The van der Waals surface area contributed by atoms with Crippen molar-refractivity contribution >= 4 is 0 Å². The molecule has 3 nitrogen and oxygen atoms in total. The highest BCUT2D eigenvalue weighted by molar-refractivity contribution is 5.43. The minimum Gasteiger partial charge on any atom is -0.313 e. The van der Waals surface area contributed by atoms with Gasteiger partial charge in [-0.15, -0.1) is 0 Å². The van der Waals surface area contributed by atoms with E-state index >= 15 is 0 Å². The summed E-state index contributed by atoms with van der Waals surface area (Å²) < 4.78 is 2.10. The van der Waals surface area contributed by atoms with Crippen LogP contribution in [0.3, 0.4) is 0 Å². The Kier molecular flexibility index (Phi) is 3.85. The average Bonchev–Trinajstić information content (AvgIpc) is 3.23. The van der Waals surface area contributed by atoms with Crippen LogP contribution in [0.5, 0.6) is 0 Å². The van der Waals surface area contributed by atoms with Gasteiger partial charge in [0.05, 0.1) is 11.4 Å². The molecule has 0 spiro atoms. The summed E-state index contributed by atoms with van der Waals surface area (Å²) in [5.41, 5.74) is 6.27. The molecule has 0 amide bonds. The van der Waals surface area contributed by atoms with Gasteiger partial charge in [-0.05, 0) is 51.2 Å². The highest BCUT2D eigenvalue weighted by atomic mass is 15.3. The Morgan fingerprint density at radius 1 is 1.24 bits per heavy atom. The van der Waals surface area contributed by atoms with Crippen molar-refractivity contribution in [1.29, 1.82) is 0 Å². The lowest BCUT2D eigenvalue weighted by Gasteiger charge is -2.14. The van der Waals surface area contributed by atoms with Crippen LogP contribution < -0.4 is 5.32 Å². The van der Waals surface area contributed by atoms with Crippen LogP contribution in [-0.2, 0) is 0 Å². The fourth-order valence-electron chi connectivity index (χ4n) is 3.14. The standard InChI is InChI=1S/C18H25N3/c1-12-7-5-6-8-17(12)21-15(4)18(14(3)20-21)13(2)11-19-16-9-10-16/h5-8,13,16,19H,9-11H2,1-4H3. The van der Waals surface area contributed by atoms with Gasteiger partial charge < -0.3 is 5.32 Å². The molecule has 2 aromatic rings. The zero-order chi connectivity index (χ0) is 15.0. The predicted molar refractivity (Wildman–Crippen MR) is 87.2 cm³/mol. The number of nitrogens with one attached hydrogen (secondary N) is 1. The Bertz CT molecular complexity index is 638. The second-order valence-corrected chi connectivity index (χ2v) is 6.37. The molecule has 21 heavy (non-hydrogen) atoms. The molecule has 0 aliphatic heterocycles. The number of aromatic nitrogens is 2. The normalized spacial score (nSPS) is 16.2.